The smallest absolute Gasteiger partial charge is 0.308 e. The normalized spacial score (nSPS) is 23.4. The molecule has 0 aliphatic carbocycles. The molecule has 4 rings (SSSR count). The van der Waals surface area contributed by atoms with Crippen LogP contribution < -0.4 is 9.47 Å². The summed E-state index contributed by atoms with van der Waals surface area (Å²) in [4.78, 5) is 44.9. The number of benzene rings is 1. The number of aliphatic hydroxyl groups excluding tert-OH is 2. The van der Waals surface area contributed by atoms with Gasteiger partial charge < -0.3 is 34.6 Å². The van der Waals surface area contributed by atoms with Crippen LogP contribution in [0.1, 0.15) is 69.9 Å². The topological polar surface area (TPSA) is 140 Å². The van der Waals surface area contributed by atoms with Crippen LogP contribution in [-0.2, 0) is 21.0 Å². The molecule has 11 heteroatoms. The van der Waals surface area contributed by atoms with Crippen molar-refractivity contribution in [2.75, 3.05) is 52.7 Å². The van der Waals surface area contributed by atoms with Gasteiger partial charge in [-0.15, -0.1) is 0 Å². The molecule has 3 aliphatic heterocycles. The lowest BCUT2D eigenvalue weighted by Crippen LogP contribution is -2.46. The maximum absolute atomic E-state index is 13.5. The first-order valence-electron chi connectivity index (χ1n) is 14.8. The van der Waals surface area contributed by atoms with E-state index in [9.17, 15) is 29.7 Å². The molecule has 41 heavy (non-hydrogen) atoms. The van der Waals surface area contributed by atoms with Crippen LogP contribution in [0.2, 0.25) is 0 Å². The van der Waals surface area contributed by atoms with Crippen molar-refractivity contribution in [2.24, 2.45) is 11.3 Å². The van der Waals surface area contributed by atoms with Gasteiger partial charge in [0.05, 0.1) is 19.1 Å². The predicted molar refractivity (Wildman–Crippen MR) is 151 cm³/mol. The van der Waals surface area contributed by atoms with E-state index in [1.54, 1.807) is 17.0 Å². The van der Waals surface area contributed by atoms with E-state index in [-0.39, 0.29) is 38.4 Å². The Morgan fingerprint density at radius 2 is 1.90 bits per heavy atom. The lowest BCUT2D eigenvalue weighted by molar-refractivity contribution is -0.144. The zero-order valence-corrected chi connectivity index (χ0v) is 24.5. The molecular formula is C30H45N3O8. The maximum atomic E-state index is 13.5. The molecule has 3 heterocycles. The van der Waals surface area contributed by atoms with E-state index in [0.29, 0.717) is 68.2 Å². The van der Waals surface area contributed by atoms with Gasteiger partial charge in [0.1, 0.15) is 0 Å². The van der Waals surface area contributed by atoms with E-state index in [2.05, 4.69) is 6.92 Å². The molecule has 0 aromatic heterocycles. The molecule has 3 aliphatic rings. The molecule has 3 N–H and O–H groups in total. The van der Waals surface area contributed by atoms with Gasteiger partial charge >= 0.3 is 5.97 Å². The number of carbonyl (C=O) groups excluding carboxylic acids is 2. The number of nitrogens with zero attached hydrogens (tertiary/aromatic N) is 3. The fourth-order valence-corrected chi connectivity index (χ4v) is 6.43. The number of rotatable bonds is 14. The number of aliphatic hydroxyl groups is 2. The molecule has 0 bridgehead atoms. The Bertz CT molecular complexity index is 1100. The standard InChI is InChI=1S/C30H45N3O8/c1-4-5-9-31(10-6-13-34)25(36)17-33-16-22(20-14-21(18-35)27-24(15-20)40-19-41-27)26(28(37)38)23(33)7-11-32-12-8-30(2,3)29(32)39/h14-15,22-23,26,34-35H,4-13,16-19H2,1-3H3,(H,37,38)/t22-,23+,26-/m1/s1. The second-order valence-corrected chi connectivity index (χ2v) is 12.1. The molecule has 1 aromatic carbocycles. The van der Waals surface area contributed by atoms with Crippen molar-refractivity contribution in [3.63, 3.8) is 0 Å². The van der Waals surface area contributed by atoms with Crippen LogP contribution in [0.15, 0.2) is 12.1 Å². The second-order valence-electron chi connectivity index (χ2n) is 12.1. The molecule has 0 saturated carbocycles. The van der Waals surface area contributed by atoms with Gasteiger partial charge in [-0.3, -0.25) is 19.3 Å². The van der Waals surface area contributed by atoms with Crippen molar-refractivity contribution in [1.29, 1.82) is 0 Å². The molecule has 2 saturated heterocycles. The van der Waals surface area contributed by atoms with Crippen molar-refractivity contribution >= 4 is 17.8 Å². The Labute approximate surface area is 242 Å². The Hall–Kier alpha value is -2.89. The number of carboxylic acid groups (broad SMARTS) is 1. The van der Waals surface area contributed by atoms with Gasteiger partial charge in [0.25, 0.3) is 0 Å². The average molecular weight is 576 g/mol. The summed E-state index contributed by atoms with van der Waals surface area (Å²) in [6.45, 7) is 8.12. The molecule has 0 spiro atoms. The van der Waals surface area contributed by atoms with Crippen molar-refractivity contribution in [3.8, 4) is 11.5 Å². The Morgan fingerprint density at radius 3 is 2.54 bits per heavy atom. The number of ether oxygens (including phenoxy) is 2. The van der Waals surface area contributed by atoms with Crippen molar-refractivity contribution < 1.29 is 39.2 Å². The fourth-order valence-electron chi connectivity index (χ4n) is 6.43. The summed E-state index contributed by atoms with van der Waals surface area (Å²) in [7, 11) is 0. The number of unbranched alkanes of at least 4 members (excludes halogenated alkanes) is 1. The van der Waals surface area contributed by atoms with E-state index in [4.69, 9.17) is 9.47 Å². The summed E-state index contributed by atoms with van der Waals surface area (Å²) in [6.07, 6.45) is 3.42. The van der Waals surface area contributed by atoms with Gasteiger partial charge in [-0.1, -0.05) is 27.2 Å². The van der Waals surface area contributed by atoms with E-state index in [1.165, 1.54) is 0 Å². The van der Waals surface area contributed by atoms with Crippen molar-refractivity contribution in [2.45, 2.75) is 71.4 Å². The lowest BCUT2D eigenvalue weighted by atomic mass is 9.83. The molecular weight excluding hydrogens is 530 g/mol. The number of likely N-dealkylation sites (tertiary alicyclic amines) is 2. The second kappa shape index (κ2) is 13.4. The number of aliphatic carboxylic acids is 1. The first kappa shape index (κ1) is 31.1. The maximum Gasteiger partial charge on any atom is 0.308 e. The molecule has 3 atom stereocenters. The molecule has 2 amide bonds. The fraction of sp³-hybridized carbons (Fsp3) is 0.700. The minimum absolute atomic E-state index is 0.0110. The number of fused-ring (bicyclic) bond motifs is 1. The minimum Gasteiger partial charge on any atom is -0.481 e. The largest absolute Gasteiger partial charge is 0.481 e. The molecule has 228 valence electrons. The van der Waals surface area contributed by atoms with E-state index in [1.807, 2.05) is 23.6 Å². The summed E-state index contributed by atoms with van der Waals surface area (Å²) in [6, 6.07) is 3.08. The number of hydrogen-bond donors (Lipinski definition) is 3. The molecule has 0 unspecified atom stereocenters. The van der Waals surface area contributed by atoms with Gasteiger partial charge in [-0.05, 0) is 43.4 Å². The SMILES string of the molecule is CCCCN(CCCO)C(=O)CN1C[C@H](c2cc(CO)c3c(c2)OCO3)[C@@H](C(=O)O)[C@@H]1CCN1CCC(C)(C)C1=O. The highest BCUT2D eigenvalue weighted by molar-refractivity contribution is 5.84. The number of hydrogen-bond acceptors (Lipinski definition) is 8. The first-order valence-corrected chi connectivity index (χ1v) is 14.8. The number of amides is 2. The quantitative estimate of drug-likeness (QED) is 0.304. The summed E-state index contributed by atoms with van der Waals surface area (Å²) < 4.78 is 11.1. The average Bonchev–Trinajstić information content (AvgIpc) is 3.63. The molecule has 11 nitrogen and oxygen atoms in total. The summed E-state index contributed by atoms with van der Waals surface area (Å²) in [5.74, 6) is -1.34. The predicted octanol–water partition coefficient (Wildman–Crippen LogP) is 2.04. The molecule has 1 aromatic rings. The minimum atomic E-state index is -0.964. The Balaban J connectivity index is 1.63. The van der Waals surface area contributed by atoms with Crippen LogP contribution in [0.4, 0.5) is 0 Å². The van der Waals surface area contributed by atoms with E-state index >= 15 is 0 Å². The highest BCUT2D eigenvalue weighted by Crippen LogP contribution is 2.45. The highest BCUT2D eigenvalue weighted by Gasteiger charge is 2.48. The van der Waals surface area contributed by atoms with Crippen LogP contribution >= 0.6 is 0 Å². The number of carboxylic acids is 1. The first-order chi connectivity index (χ1) is 19.6. The van der Waals surface area contributed by atoms with Crippen LogP contribution in [0.3, 0.4) is 0 Å². The zero-order valence-electron chi connectivity index (χ0n) is 24.5. The van der Waals surface area contributed by atoms with Crippen LogP contribution in [-0.4, -0.2) is 107 Å². The van der Waals surface area contributed by atoms with E-state index in [0.717, 1.165) is 19.3 Å². The third kappa shape index (κ3) is 6.79. The summed E-state index contributed by atoms with van der Waals surface area (Å²) in [5.41, 5.74) is 0.816. The third-order valence-electron chi connectivity index (χ3n) is 8.83. The van der Waals surface area contributed by atoms with Gasteiger partial charge in [0, 0.05) is 62.3 Å². The Kier molecular flexibility index (Phi) is 10.1. The molecule has 2 fully saturated rings. The van der Waals surface area contributed by atoms with Crippen molar-refractivity contribution in [1.82, 2.24) is 14.7 Å². The highest BCUT2D eigenvalue weighted by atomic mass is 16.7. The molecule has 0 radical (unpaired) electrons. The number of carbonyl (C=O) groups is 3. The van der Waals surface area contributed by atoms with E-state index < -0.39 is 29.3 Å². The Morgan fingerprint density at radius 1 is 1.15 bits per heavy atom. The van der Waals surface area contributed by atoms with Crippen LogP contribution in [0.25, 0.3) is 0 Å². The zero-order chi connectivity index (χ0) is 29.7. The van der Waals surface area contributed by atoms with Crippen LogP contribution in [0, 0.1) is 11.3 Å². The van der Waals surface area contributed by atoms with Gasteiger partial charge in [0.2, 0.25) is 18.6 Å². The third-order valence-corrected chi connectivity index (χ3v) is 8.83. The van der Waals surface area contributed by atoms with Gasteiger partial charge in [-0.25, -0.2) is 0 Å². The van der Waals surface area contributed by atoms with Crippen molar-refractivity contribution in [3.05, 3.63) is 23.3 Å². The summed E-state index contributed by atoms with van der Waals surface area (Å²) >= 11 is 0. The van der Waals surface area contributed by atoms with Crippen LogP contribution in [0.5, 0.6) is 11.5 Å². The van der Waals surface area contributed by atoms with Gasteiger partial charge in [0.15, 0.2) is 11.5 Å². The monoisotopic (exact) mass is 575 g/mol. The summed E-state index contributed by atoms with van der Waals surface area (Å²) in [5, 5.41) is 29.9. The van der Waals surface area contributed by atoms with Gasteiger partial charge in [-0.2, -0.15) is 0 Å². The lowest BCUT2D eigenvalue weighted by Gasteiger charge is -2.31.